The van der Waals surface area contributed by atoms with Gasteiger partial charge in [0.15, 0.2) is 0 Å². The van der Waals surface area contributed by atoms with Crippen molar-refractivity contribution >= 4 is 67.2 Å². The van der Waals surface area contributed by atoms with Gasteiger partial charge in [0.05, 0.1) is 38.8 Å². The number of fused-ring (bicyclic) bond motifs is 5. The second kappa shape index (κ2) is 14.0. The lowest BCUT2D eigenvalue weighted by Crippen LogP contribution is -2.30. The predicted octanol–water partition coefficient (Wildman–Crippen LogP) is 11.7. The van der Waals surface area contributed by atoms with Crippen molar-refractivity contribution < 1.29 is 0 Å². The Morgan fingerprint density at radius 1 is 0.544 bits per heavy atom. The summed E-state index contributed by atoms with van der Waals surface area (Å²) >= 11 is 0. The third kappa shape index (κ3) is 5.92. The largest absolute Gasteiger partial charge is 0.309 e. The van der Waals surface area contributed by atoms with Crippen molar-refractivity contribution in [1.29, 1.82) is 0 Å². The van der Waals surface area contributed by atoms with Gasteiger partial charge in [0.1, 0.15) is 0 Å². The summed E-state index contributed by atoms with van der Waals surface area (Å²) in [6, 6.07) is 59.8. The van der Waals surface area contributed by atoms with Gasteiger partial charge in [-0.15, -0.1) is 0 Å². The van der Waals surface area contributed by atoms with E-state index >= 15 is 0 Å². The van der Waals surface area contributed by atoms with Crippen LogP contribution < -0.4 is 10.6 Å². The average molecular weight is 734 g/mol. The maximum atomic E-state index is 5.26. The van der Waals surface area contributed by atoms with Crippen molar-refractivity contribution in [3.63, 3.8) is 0 Å². The first kappa shape index (κ1) is 34.1. The molecule has 0 unspecified atom stereocenters. The average Bonchev–Trinajstić information content (AvgIpc) is 3.76. The van der Waals surface area contributed by atoms with Crippen LogP contribution in [0.5, 0.6) is 0 Å². The lowest BCUT2D eigenvalue weighted by Gasteiger charge is -2.11. The molecule has 0 aliphatic heterocycles. The van der Waals surface area contributed by atoms with Gasteiger partial charge in [-0.05, 0) is 92.1 Å². The number of nitrogens with zero attached hydrogens (tertiary/aromatic N) is 5. The highest BCUT2D eigenvalue weighted by molar-refractivity contribution is 6.12. The van der Waals surface area contributed by atoms with Gasteiger partial charge < -0.3 is 4.57 Å². The van der Waals surface area contributed by atoms with Crippen LogP contribution in [0.1, 0.15) is 19.4 Å². The van der Waals surface area contributed by atoms with E-state index < -0.39 is 0 Å². The molecule has 0 aliphatic rings. The Kier molecular flexibility index (Phi) is 8.41. The molecule has 0 radical (unpaired) electrons. The van der Waals surface area contributed by atoms with E-state index in [9.17, 15) is 0 Å². The molecule has 0 aliphatic carbocycles. The number of para-hydroxylation sites is 4. The fourth-order valence-electron chi connectivity index (χ4n) is 8.27. The van der Waals surface area contributed by atoms with Crippen LogP contribution in [-0.4, -0.2) is 24.8 Å². The number of hydrogen-bond acceptors (Lipinski definition) is 3. The first-order valence-electron chi connectivity index (χ1n) is 19.4. The minimum absolute atomic E-state index is 0.637. The molecule has 5 heteroatoms. The van der Waals surface area contributed by atoms with Crippen LogP contribution in [-0.2, 0) is 0 Å². The van der Waals surface area contributed by atoms with Gasteiger partial charge in [0.2, 0.25) is 5.95 Å². The minimum atomic E-state index is 0.637. The lowest BCUT2D eigenvalue weighted by atomic mass is 10.0. The van der Waals surface area contributed by atoms with E-state index in [4.69, 9.17) is 15.0 Å². The van der Waals surface area contributed by atoms with Gasteiger partial charge in [0.25, 0.3) is 0 Å². The first-order chi connectivity index (χ1) is 28.1. The SMILES string of the molecule is C/C=c1\c(=C/C(C)=Nc2cc(-c3ccc4c(c3)c3ccccc3n4-c3ccccc3)ccc2C)c2ccccc2n1-c1nc(-c2ccccc2)c2ccccc2n1. The van der Waals surface area contributed by atoms with Crippen molar-refractivity contribution in [3.8, 4) is 34.0 Å². The summed E-state index contributed by atoms with van der Waals surface area (Å²) in [5, 5.41) is 6.72. The quantitative estimate of drug-likeness (QED) is 0.160. The Morgan fingerprint density at radius 2 is 1.16 bits per heavy atom. The maximum Gasteiger partial charge on any atom is 0.235 e. The zero-order valence-electron chi connectivity index (χ0n) is 32.1. The van der Waals surface area contributed by atoms with Crippen LogP contribution in [0.15, 0.2) is 175 Å². The summed E-state index contributed by atoms with van der Waals surface area (Å²) in [4.78, 5) is 15.6. The Bertz CT molecular complexity index is 3320. The summed E-state index contributed by atoms with van der Waals surface area (Å²) in [6.07, 6.45) is 4.35. The van der Waals surface area contributed by atoms with Gasteiger partial charge in [-0.2, -0.15) is 0 Å². The minimum Gasteiger partial charge on any atom is -0.309 e. The van der Waals surface area contributed by atoms with Gasteiger partial charge >= 0.3 is 0 Å². The van der Waals surface area contributed by atoms with Crippen LogP contribution in [0.4, 0.5) is 5.69 Å². The van der Waals surface area contributed by atoms with E-state index in [1.165, 1.54) is 21.8 Å². The van der Waals surface area contributed by atoms with E-state index in [0.29, 0.717) is 5.95 Å². The summed E-state index contributed by atoms with van der Waals surface area (Å²) in [6.45, 7) is 6.29. The summed E-state index contributed by atoms with van der Waals surface area (Å²) in [7, 11) is 0. The molecule has 3 aromatic heterocycles. The molecule has 0 saturated heterocycles. The van der Waals surface area contributed by atoms with Crippen molar-refractivity contribution in [3.05, 3.63) is 186 Å². The van der Waals surface area contributed by atoms with E-state index in [1.807, 2.05) is 18.2 Å². The molecule has 0 saturated carbocycles. The molecule has 10 rings (SSSR count). The first-order valence-corrected chi connectivity index (χ1v) is 19.4. The molecule has 7 aromatic carbocycles. The zero-order chi connectivity index (χ0) is 38.5. The van der Waals surface area contributed by atoms with Gasteiger partial charge in [-0.1, -0.05) is 127 Å². The number of rotatable bonds is 6. The molecule has 272 valence electrons. The van der Waals surface area contributed by atoms with Crippen molar-refractivity contribution in [2.45, 2.75) is 20.8 Å². The van der Waals surface area contributed by atoms with E-state index in [-0.39, 0.29) is 0 Å². The van der Waals surface area contributed by atoms with E-state index in [0.717, 1.165) is 77.4 Å². The zero-order valence-corrected chi connectivity index (χ0v) is 32.1. The number of aliphatic imine (C=N–C) groups is 1. The third-order valence-corrected chi connectivity index (χ3v) is 10.9. The summed E-state index contributed by atoms with van der Waals surface area (Å²) in [5.41, 5.74) is 12.7. The maximum absolute atomic E-state index is 5.26. The molecule has 10 aromatic rings. The van der Waals surface area contributed by atoms with Gasteiger partial charge in [-0.25, -0.2) is 9.97 Å². The molecule has 0 spiro atoms. The number of hydrogen-bond donors (Lipinski definition) is 0. The molecule has 57 heavy (non-hydrogen) atoms. The lowest BCUT2D eigenvalue weighted by molar-refractivity contribution is 0.951. The monoisotopic (exact) mass is 733 g/mol. The fourth-order valence-corrected chi connectivity index (χ4v) is 8.27. The van der Waals surface area contributed by atoms with Gasteiger partial charge in [-0.3, -0.25) is 9.56 Å². The van der Waals surface area contributed by atoms with Gasteiger partial charge in [0, 0.05) is 43.7 Å². The molecular weight excluding hydrogens is 695 g/mol. The Morgan fingerprint density at radius 3 is 1.93 bits per heavy atom. The normalized spacial score (nSPS) is 12.8. The van der Waals surface area contributed by atoms with Crippen LogP contribution in [0.2, 0.25) is 0 Å². The van der Waals surface area contributed by atoms with Crippen molar-refractivity contribution in [2.75, 3.05) is 0 Å². The molecule has 0 amide bonds. The molecule has 0 bridgehead atoms. The fraction of sp³-hybridized carbons (Fsp3) is 0.0577. The number of benzene rings is 7. The van der Waals surface area contributed by atoms with Crippen molar-refractivity contribution in [2.24, 2.45) is 4.99 Å². The van der Waals surface area contributed by atoms with Crippen molar-refractivity contribution in [1.82, 2.24) is 19.1 Å². The molecule has 5 nitrogen and oxygen atoms in total. The molecule has 3 heterocycles. The second-order valence-corrected chi connectivity index (χ2v) is 14.5. The van der Waals surface area contributed by atoms with Crippen LogP contribution in [0, 0.1) is 6.92 Å². The number of aromatic nitrogens is 4. The second-order valence-electron chi connectivity index (χ2n) is 14.5. The smallest absolute Gasteiger partial charge is 0.235 e. The Hall–Kier alpha value is -7.37. The summed E-state index contributed by atoms with van der Waals surface area (Å²) in [5.74, 6) is 0.637. The highest BCUT2D eigenvalue weighted by Crippen LogP contribution is 2.36. The van der Waals surface area contributed by atoms with E-state index in [2.05, 4.69) is 194 Å². The molecule has 0 N–H and O–H groups in total. The molecular formula is C52H39N5. The Balaban J connectivity index is 1.09. The highest BCUT2D eigenvalue weighted by atomic mass is 15.2. The van der Waals surface area contributed by atoms with E-state index in [1.54, 1.807) is 0 Å². The standard InChI is InChI=1S/C52H39N5/c1-4-47-43(40-21-13-16-26-49(40)57(47)52-54-45-24-14-11-23-42(45)51(55-52)36-17-7-5-8-18-36)31-35(3)53-46-33-38(28-27-34(46)2)37-29-30-50-44(32-37)41-22-12-15-25-48(41)56(50)39-19-9-6-10-20-39/h4-33H,1-3H3/b43-31-,47-4+,53-35?. The highest BCUT2D eigenvalue weighted by Gasteiger charge is 2.17. The number of aryl methyl sites for hydroxylation is 1. The molecule has 0 atom stereocenters. The third-order valence-electron chi connectivity index (χ3n) is 10.9. The summed E-state index contributed by atoms with van der Waals surface area (Å²) < 4.78 is 4.54. The van der Waals surface area contributed by atoms with Crippen LogP contribution in [0.3, 0.4) is 0 Å². The van der Waals surface area contributed by atoms with Crippen LogP contribution >= 0.6 is 0 Å². The topological polar surface area (TPSA) is 48.0 Å². The van der Waals surface area contributed by atoms with Crippen LogP contribution in [0.25, 0.3) is 89.8 Å². The predicted molar refractivity (Wildman–Crippen MR) is 239 cm³/mol. The molecule has 0 fully saturated rings. The Labute approximate surface area is 330 Å².